The van der Waals surface area contributed by atoms with Crippen LogP contribution in [0.25, 0.3) is 5.70 Å². The predicted molar refractivity (Wildman–Crippen MR) is 137 cm³/mol. The van der Waals surface area contributed by atoms with E-state index >= 15 is 0 Å². The number of phenols is 2. The third-order valence-electron chi connectivity index (χ3n) is 6.70. The molecule has 0 spiro atoms. The monoisotopic (exact) mass is 463 g/mol. The van der Waals surface area contributed by atoms with Gasteiger partial charge in [0, 0.05) is 35.6 Å². The zero-order valence-electron chi connectivity index (χ0n) is 20.7. The van der Waals surface area contributed by atoms with Crippen molar-refractivity contribution in [3.05, 3.63) is 59.2 Å². The van der Waals surface area contributed by atoms with Gasteiger partial charge in [-0.2, -0.15) is 0 Å². The summed E-state index contributed by atoms with van der Waals surface area (Å²) in [6.45, 7) is 11.2. The number of anilines is 1. The minimum absolute atomic E-state index is 0.00808. The Hall–Kier alpha value is -2.99. The Morgan fingerprint density at radius 2 is 1.71 bits per heavy atom. The second kappa shape index (κ2) is 10.1. The summed E-state index contributed by atoms with van der Waals surface area (Å²) >= 11 is 0. The van der Waals surface area contributed by atoms with Crippen LogP contribution in [-0.4, -0.2) is 46.2 Å². The lowest BCUT2D eigenvalue weighted by Crippen LogP contribution is -2.45. The average molecular weight is 464 g/mol. The molecule has 1 atom stereocenters. The minimum Gasteiger partial charge on any atom is -0.508 e. The highest BCUT2D eigenvalue weighted by Crippen LogP contribution is 2.42. The molecule has 1 amide bonds. The Bertz CT molecular complexity index is 1050. The molecule has 4 rings (SSSR count). The summed E-state index contributed by atoms with van der Waals surface area (Å²) < 4.78 is 0. The smallest absolute Gasteiger partial charge is 0.243 e. The summed E-state index contributed by atoms with van der Waals surface area (Å²) in [5, 5.41) is 24.1. The van der Waals surface area contributed by atoms with E-state index in [9.17, 15) is 15.0 Å². The van der Waals surface area contributed by atoms with Crippen LogP contribution in [0.5, 0.6) is 11.5 Å². The van der Waals surface area contributed by atoms with Gasteiger partial charge in [-0.25, -0.2) is 0 Å². The van der Waals surface area contributed by atoms with Crippen molar-refractivity contribution in [2.75, 3.05) is 18.0 Å². The molecule has 1 unspecified atom stereocenters. The van der Waals surface area contributed by atoms with Gasteiger partial charge in [0.25, 0.3) is 0 Å². The number of benzene rings is 2. The third-order valence-corrected chi connectivity index (χ3v) is 6.70. The number of amides is 1. The molecule has 0 aromatic heterocycles. The number of nitrogens with zero attached hydrogens (tertiary/aromatic N) is 2. The first kappa shape index (κ1) is 24.1. The number of nitrogens with one attached hydrogen (secondary N) is 1. The van der Waals surface area contributed by atoms with E-state index in [4.69, 9.17) is 0 Å². The molecule has 2 aromatic carbocycles. The molecule has 0 bridgehead atoms. The number of hydrogen-bond acceptors (Lipinski definition) is 5. The Balaban J connectivity index is 1.69. The molecule has 34 heavy (non-hydrogen) atoms. The summed E-state index contributed by atoms with van der Waals surface area (Å²) in [4.78, 5) is 17.6. The summed E-state index contributed by atoms with van der Waals surface area (Å²) in [6.07, 6.45) is 5.09. The summed E-state index contributed by atoms with van der Waals surface area (Å²) in [7, 11) is 0. The molecule has 0 saturated carbocycles. The van der Waals surface area contributed by atoms with E-state index in [2.05, 4.69) is 34.5 Å². The number of carbonyl (C=O) groups excluding carboxylic acids is 1. The number of aromatic hydroxyl groups is 2. The van der Waals surface area contributed by atoms with E-state index in [1.807, 2.05) is 44.7 Å². The number of likely N-dealkylation sites (tertiary alicyclic amines) is 1. The van der Waals surface area contributed by atoms with Crippen LogP contribution in [0.15, 0.2) is 42.5 Å². The van der Waals surface area contributed by atoms with Gasteiger partial charge in [0.1, 0.15) is 17.5 Å². The van der Waals surface area contributed by atoms with Crippen LogP contribution in [0.1, 0.15) is 69.6 Å². The lowest BCUT2D eigenvalue weighted by molar-refractivity contribution is -0.122. The Labute approximate surface area is 202 Å². The molecule has 1 saturated heterocycles. The van der Waals surface area contributed by atoms with Crippen molar-refractivity contribution in [3.63, 3.8) is 0 Å². The van der Waals surface area contributed by atoms with E-state index in [-0.39, 0.29) is 29.4 Å². The van der Waals surface area contributed by atoms with Gasteiger partial charge >= 0.3 is 0 Å². The molecule has 1 fully saturated rings. The van der Waals surface area contributed by atoms with Crippen LogP contribution in [0.3, 0.4) is 0 Å². The van der Waals surface area contributed by atoms with Gasteiger partial charge in [-0.15, -0.1) is 0 Å². The van der Waals surface area contributed by atoms with Gasteiger partial charge < -0.3 is 20.4 Å². The lowest BCUT2D eigenvalue weighted by atomic mass is 9.97. The first-order valence-electron chi connectivity index (χ1n) is 12.4. The Morgan fingerprint density at radius 3 is 2.32 bits per heavy atom. The standard InChI is InChI=1S/C28H37N3O3/c1-18(2)22-15-23(27(33)16-26(22)32)24-11-12-25(28(34)29-19(3)4)31(24)21-9-7-20(8-10-21)17-30-13-5-6-14-30/h7-11,15-16,18-19,25,32-33H,5-6,12-14,17H2,1-4H3,(H,29,34). The van der Waals surface area contributed by atoms with Crippen molar-refractivity contribution in [2.24, 2.45) is 0 Å². The fraction of sp³-hybridized carbons (Fsp3) is 0.464. The van der Waals surface area contributed by atoms with Crippen LogP contribution in [0, 0.1) is 0 Å². The number of rotatable bonds is 7. The molecule has 0 aliphatic carbocycles. The van der Waals surface area contributed by atoms with E-state index in [1.165, 1.54) is 24.5 Å². The normalized spacial score (nSPS) is 18.7. The summed E-state index contributed by atoms with van der Waals surface area (Å²) in [5.74, 6) is 0.153. The second-order valence-electron chi connectivity index (χ2n) is 10.1. The molecule has 2 aromatic rings. The van der Waals surface area contributed by atoms with E-state index in [1.54, 1.807) is 0 Å². The topological polar surface area (TPSA) is 76.0 Å². The predicted octanol–water partition coefficient (Wildman–Crippen LogP) is 4.96. The summed E-state index contributed by atoms with van der Waals surface area (Å²) in [6, 6.07) is 11.3. The molecular formula is C28H37N3O3. The van der Waals surface area contributed by atoms with E-state index < -0.39 is 6.04 Å². The Kier molecular flexibility index (Phi) is 7.17. The van der Waals surface area contributed by atoms with Crippen molar-refractivity contribution in [1.82, 2.24) is 10.2 Å². The maximum absolute atomic E-state index is 13.1. The first-order chi connectivity index (χ1) is 16.2. The molecular weight excluding hydrogens is 426 g/mol. The minimum atomic E-state index is -0.405. The first-order valence-corrected chi connectivity index (χ1v) is 12.4. The van der Waals surface area contributed by atoms with Crippen LogP contribution in [0.2, 0.25) is 0 Å². The van der Waals surface area contributed by atoms with E-state index in [0.717, 1.165) is 36.6 Å². The maximum Gasteiger partial charge on any atom is 0.243 e. The van der Waals surface area contributed by atoms with Gasteiger partial charge in [0.15, 0.2) is 0 Å². The fourth-order valence-corrected chi connectivity index (χ4v) is 4.98. The van der Waals surface area contributed by atoms with Gasteiger partial charge in [-0.3, -0.25) is 9.69 Å². The van der Waals surface area contributed by atoms with Gasteiger partial charge in [-0.05, 0) is 81.4 Å². The molecule has 0 radical (unpaired) electrons. The SMILES string of the molecule is CC(C)NC(=O)C1CC=C(c2cc(C(C)C)c(O)cc2O)N1c1ccc(CN2CCCC2)cc1. The third kappa shape index (κ3) is 5.07. The van der Waals surface area contributed by atoms with Crippen LogP contribution in [0.4, 0.5) is 5.69 Å². The van der Waals surface area contributed by atoms with Gasteiger partial charge in [0.2, 0.25) is 5.91 Å². The maximum atomic E-state index is 13.1. The quantitative estimate of drug-likeness (QED) is 0.541. The number of carbonyl (C=O) groups is 1. The number of hydrogen-bond donors (Lipinski definition) is 3. The van der Waals surface area contributed by atoms with Gasteiger partial charge in [0.05, 0.1) is 0 Å². The molecule has 3 N–H and O–H groups in total. The van der Waals surface area contributed by atoms with E-state index in [0.29, 0.717) is 12.0 Å². The fourth-order valence-electron chi connectivity index (χ4n) is 4.98. The highest BCUT2D eigenvalue weighted by atomic mass is 16.3. The molecule has 6 nitrogen and oxygen atoms in total. The largest absolute Gasteiger partial charge is 0.508 e. The van der Waals surface area contributed by atoms with Crippen molar-refractivity contribution in [3.8, 4) is 11.5 Å². The lowest BCUT2D eigenvalue weighted by Gasteiger charge is -2.31. The average Bonchev–Trinajstić information content (AvgIpc) is 3.44. The van der Waals surface area contributed by atoms with Crippen molar-refractivity contribution in [1.29, 1.82) is 0 Å². The van der Waals surface area contributed by atoms with Crippen molar-refractivity contribution >= 4 is 17.3 Å². The molecule has 2 aliphatic heterocycles. The highest BCUT2D eigenvalue weighted by molar-refractivity contribution is 5.96. The molecule has 2 heterocycles. The van der Waals surface area contributed by atoms with Crippen molar-refractivity contribution in [2.45, 2.75) is 71.5 Å². The molecule has 6 heteroatoms. The molecule has 182 valence electrons. The van der Waals surface area contributed by atoms with Crippen LogP contribution >= 0.6 is 0 Å². The van der Waals surface area contributed by atoms with Crippen LogP contribution in [-0.2, 0) is 11.3 Å². The molecule has 2 aliphatic rings. The Morgan fingerprint density at radius 1 is 1.03 bits per heavy atom. The van der Waals surface area contributed by atoms with Crippen LogP contribution < -0.4 is 10.2 Å². The van der Waals surface area contributed by atoms with Crippen molar-refractivity contribution < 1.29 is 15.0 Å². The summed E-state index contributed by atoms with van der Waals surface area (Å²) in [5.41, 5.74) is 4.35. The zero-order chi connectivity index (χ0) is 24.4. The zero-order valence-corrected chi connectivity index (χ0v) is 20.7. The van der Waals surface area contributed by atoms with Gasteiger partial charge in [-0.1, -0.05) is 32.1 Å². The number of phenolic OH excluding ortho intramolecular Hbond substituents is 2. The second-order valence-corrected chi connectivity index (χ2v) is 10.1. The highest BCUT2D eigenvalue weighted by Gasteiger charge is 2.35.